The van der Waals surface area contributed by atoms with Gasteiger partial charge in [-0.1, -0.05) is 43.2 Å². The normalized spacial score (nSPS) is 21.2. The number of nitrogens with zero attached hydrogens (tertiary/aromatic N) is 3. The summed E-state index contributed by atoms with van der Waals surface area (Å²) in [7, 11) is 0. The molecule has 3 aliphatic rings. The number of rotatable bonds is 4. The number of likely N-dealkylation sites (tertiary alicyclic amines) is 1. The molecule has 2 amide bonds. The maximum atomic E-state index is 13.1. The molecule has 7 nitrogen and oxygen atoms in total. The molecular formula is C26H32N4O3. The van der Waals surface area contributed by atoms with E-state index in [0.29, 0.717) is 43.9 Å². The first kappa shape index (κ1) is 21.9. The van der Waals surface area contributed by atoms with Crippen molar-refractivity contribution in [1.29, 1.82) is 0 Å². The Morgan fingerprint density at radius 2 is 1.76 bits per heavy atom. The van der Waals surface area contributed by atoms with Gasteiger partial charge in [0.2, 0.25) is 11.8 Å². The number of benzene rings is 1. The van der Waals surface area contributed by atoms with Crippen molar-refractivity contribution in [2.75, 3.05) is 13.1 Å². The predicted octanol–water partition coefficient (Wildman–Crippen LogP) is 3.14. The second-order valence-corrected chi connectivity index (χ2v) is 9.63. The number of carbonyl (C=O) groups excluding carboxylic acids is 2. The standard InChI is InChI=1S/C26H32N4O3/c31-23(16-18-8-2-1-3-9-18)30-14-7-6-12-22(30)24-27-21-13-15-29(17-20(21)25(32)28-24)26(33)19-10-4-5-11-19/h1-3,8-9,19,22H,4-7,10-17H2,(H,27,28,32)/t22-/m1/s1. The van der Waals surface area contributed by atoms with Crippen molar-refractivity contribution >= 4 is 11.8 Å². The van der Waals surface area contributed by atoms with Crippen LogP contribution in [0.1, 0.15) is 73.6 Å². The lowest BCUT2D eigenvalue weighted by Gasteiger charge is -2.36. The van der Waals surface area contributed by atoms with Crippen LogP contribution in [-0.2, 0) is 29.0 Å². The van der Waals surface area contributed by atoms with E-state index >= 15 is 0 Å². The Kier molecular flexibility index (Phi) is 6.29. The number of aromatic amines is 1. The molecule has 7 heteroatoms. The van der Waals surface area contributed by atoms with Crippen LogP contribution in [0.25, 0.3) is 0 Å². The summed E-state index contributed by atoms with van der Waals surface area (Å²) in [4.78, 5) is 50.6. The van der Waals surface area contributed by atoms with Crippen LogP contribution in [0.4, 0.5) is 0 Å². The van der Waals surface area contributed by atoms with Crippen LogP contribution in [0, 0.1) is 5.92 Å². The van der Waals surface area contributed by atoms with Gasteiger partial charge in [-0.2, -0.15) is 0 Å². The van der Waals surface area contributed by atoms with Gasteiger partial charge in [-0.05, 0) is 37.7 Å². The summed E-state index contributed by atoms with van der Waals surface area (Å²) in [5.74, 6) is 0.964. The summed E-state index contributed by atoms with van der Waals surface area (Å²) in [6.45, 7) is 1.63. The fourth-order valence-corrected chi connectivity index (χ4v) is 5.61. The number of H-pyrrole nitrogens is 1. The zero-order valence-electron chi connectivity index (χ0n) is 19.1. The van der Waals surface area contributed by atoms with E-state index in [1.165, 1.54) is 0 Å². The SMILES string of the molecule is O=C(C1CCCC1)N1CCc2nc([C@H]3CCCCN3C(=O)Cc3ccccc3)[nH]c(=O)c2C1. The predicted molar refractivity (Wildman–Crippen MR) is 124 cm³/mol. The molecule has 1 aromatic heterocycles. The van der Waals surface area contributed by atoms with Gasteiger partial charge in [-0.3, -0.25) is 14.4 Å². The lowest BCUT2D eigenvalue weighted by atomic mass is 9.98. The van der Waals surface area contributed by atoms with Gasteiger partial charge in [0.15, 0.2) is 0 Å². The number of nitrogens with one attached hydrogen (secondary N) is 1. The van der Waals surface area contributed by atoms with Crippen molar-refractivity contribution in [3.05, 3.63) is 63.3 Å². The number of fused-ring (bicyclic) bond motifs is 1. The minimum Gasteiger partial charge on any atom is -0.337 e. The number of hydrogen-bond donors (Lipinski definition) is 1. The molecule has 0 spiro atoms. The quantitative estimate of drug-likeness (QED) is 0.779. The Morgan fingerprint density at radius 1 is 1.00 bits per heavy atom. The average Bonchev–Trinajstić information content (AvgIpc) is 3.39. The number of piperidine rings is 1. The summed E-state index contributed by atoms with van der Waals surface area (Å²) < 4.78 is 0. The highest BCUT2D eigenvalue weighted by atomic mass is 16.2. The maximum Gasteiger partial charge on any atom is 0.256 e. The summed E-state index contributed by atoms with van der Waals surface area (Å²) in [5, 5.41) is 0. The van der Waals surface area contributed by atoms with Crippen molar-refractivity contribution < 1.29 is 9.59 Å². The van der Waals surface area contributed by atoms with Gasteiger partial charge in [-0.15, -0.1) is 0 Å². The molecule has 0 radical (unpaired) electrons. The molecule has 2 aliphatic heterocycles. The van der Waals surface area contributed by atoms with Crippen molar-refractivity contribution in [3.63, 3.8) is 0 Å². The van der Waals surface area contributed by atoms with Gasteiger partial charge in [0.25, 0.3) is 5.56 Å². The minimum atomic E-state index is -0.203. The van der Waals surface area contributed by atoms with E-state index < -0.39 is 0 Å². The van der Waals surface area contributed by atoms with Gasteiger partial charge in [0.1, 0.15) is 5.82 Å². The van der Waals surface area contributed by atoms with E-state index in [9.17, 15) is 14.4 Å². The fourth-order valence-electron chi connectivity index (χ4n) is 5.61. The molecule has 1 aromatic carbocycles. The lowest BCUT2D eigenvalue weighted by Crippen LogP contribution is -2.44. The largest absolute Gasteiger partial charge is 0.337 e. The van der Waals surface area contributed by atoms with Gasteiger partial charge < -0.3 is 14.8 Å². The van der Waals surface area contributed by atoms with Crippen LogP contribution < -0.4 is 5.56 Å². The third-order valence-corrected chi connectivity index (χ3v) is 7.44. The van der Waals surface area contributed by atoms with Crippen LogP contribution in [0.5, 0.6) is 0 Å². The molecule has 174 valence electrons. The second kappa shape index (κ2) is 9.49. The smallest absolute Gasteiger partial charge is 0.256 e. The molecule has 5 rings (SSSR count). The number of carbonyl (C=O) groups is 2. The molecule has 1 aliphatic carbocycles. The molecular weight excluding hydrogens is 416 g/mol. The summed E-state index contributed by atoms with van der Waals surface area (Å²) >= 11 is 0. The highest BCUT2D eigenvalue weighted by molar-refractivity contribution is 5.80. The fraction of sp³-hybridized carbons (Fsp3) is 0.538. The van der Waals surface area contributed by atoms with Crippen molar-refractivity contribution in [2.45, 2.75) is 70.4 Å². The first-order valence-corrected chi connectivity index (χ1v) is 12.3. The second-order valence-electron chi connectivity index (χ2n) is 9.63. The van der Waals surface area contributed by atoms with E-state index in [2.05, 4.69) is 4.98 Å². The molecule has 0 unspecified atom stereocenters. The third kappa shape index (κ3) is 4.59. The van der Waals surface area contributed by atoms with Gasteiger partial charge in [0.05, 0.1) is 30.3 Å². The lowest BCUT2D eigenvalue weighted by molar-refractivity contribution is -0.136. The highest BCUT2D eigenvalue weighted by Crippen LogP contribution is 2.31. The van der Waals surface area contributed by atoms with Crippen LogP contribution in [0.2, 0.25) is 0 Å². The Labute approximate surface area is 194 Å². The first-order valence-electron chi connectivity index (χ1n) is 12.3. The third-order valence-electron chi connectivity index (χ3n) is 7.44. The average molecular weight is 449 g/mol. The zero-order valence-corrected chi connectivity index (χ0v) is 19.1. The number of amides is 2. The van der Waals surface area contributed by atoms with Gasteiger partial charge in [-0.25, -0.2) is 4.98 Å². The zero-order chi connectivity index (χ0) is 22.8. The van der Waals surface area contributed by atoms with E-state index in [1.807, 2.05) is 40.1 Å². The molecule has 1 N–H and O–H groups in total. The van der Waals surface area contributed by atoms with Crippen molar-refractivity contribution in [2.24, 2.45) is 5.92 Å². The van der Waals surface area contributed by atoms with Crippen LogP contribution >= 0.6 is 0 Å². The summed E-state index contributed by atoms with van der Waals surface area (Å²) in [5.41, 5.74) is 2.21. The summed E-state index contributed by atoms with van der Waals surface area (Å²) in [6, 6.07) is 9.57. The Balaban J connectivity index is 1.35. The molecule has 1 saturated heterocycles. The van der Waals surface area contributed by atoms with Crippen LogP contribution in [-0.4, -0.2) is 44.7 Å². The molecule has 0 bridgehead atoms. The van der Waals surface area contributed by atoms with Crippen LogP contribution in [0.15, 0.2) is 35.1 Å². The minimum absolute atomic E-state index is 0.0691. The topological polar surface area (TPSA) is 86.4 Å². The molecule has 1 atom stereocenters. The van der Waals surface area contributed by atoms with Gasteiger partial charge >= 0.3 is 0 Å². The van der Waals surface area contributed by atoms with E-state index in [0.717, 1.165) is 56.2 Å². The Hall–Kier alpha value is -2.96. The van der Waals surface area contributed by atoms with Crippen LogP contribution in [0.3, 0.4) is 0 Å². The van der Waals surface area contributed by atoms with Gasteiger partial charge in [0, 0.05) is 25.4 Å². The first-order chi connectivity index (χ1) is 16.1. The van der Waals surface area contributed by atoms with E-state index in [4.69, 9.17) is 4.98 Å². The Bertz CT molecular complexity index is 1070. The molecule has 2 aromatic rings. The molecule has 2 fully saturated rings. The molecule has 33 heavy (non-hydrogen) atoms. The number of aromatic nitrogens is 2. The number of hydrogen-bond acceptors (Lipinski definition) is 4. The van der Waals surface area contributed by atoms with Crippen molar-refractivity contribution in [3.8, 4) is 0 Å². The highest BCUT2D eigenvalue weighted by Gasteiger charge is 2.33. The van der Waals surface area contributed by atoms with E-state index in [1.54, 1.807) is 0 Å². The molecule has 1 saturated carbocycles. The molecule has 3 heterocycles. The summed E-state index contributed by atoms with van der Waals surface area (Å²) in [6.07, 6.45) is 7.87. The van der Waals surface area contributed by atoms with E-state index in [-0.39, 0.29) is 29.3 Å². The monoisotopic (exact) mass is 448 g/mol. The van der Waals surface area contributed by atoms with Crippen molar-refractivity contribution in [1.82, 2.24) is 19.8 Å². The Morgan fingerprint density at radius 3 is 2.55 bits per heavy atom. The maximum absolute atomic E-state index is 13.1.